The molecule has 2 saturated heterocycles. The Hall–Kier alpha value is -2.78. The molecule has 2 unspecified atom stereocenters. The Balaban J connectivity index is 1.54. The number of hydrogen-bond acceptors (Lipinski definition) is 5. The van der Waals surface area contributed by atoms with Crippen molar-refractivity contribution in [2.24, 2.45) is 0 Å². The van der Waals surface area contributed by atoms with Crippen LogP contribution in [-0.4, -0.2) is 52.8 Å². The lowest BCUT2D eigenvalue weighted by Crippen LogP contribution is -2.69. The Labute approximate surface area is 171 Å². The fourth-order valence-corrected chi connectivity index (χ4v) is 4.51. The van der Waals surface area contributed by atoms with E-state index < -0.39 is 29.8 Å². The predicted octanol–water partition coefficient (Wildman–Crippen LogP) is 2.41. The van der Waals surface area contributed by atoms with Gasteiger partial charge in [-0.3, -0.25) is 14.5 Å². The van der Waals surface area contributed by atoms with Crippen molar-refractivity contribution < 1.29 is 18.8 Å². The fourth-order valence-electron chi connectivity index (χ4n) is 3.81. The zero-order valence-corrected chi connectivity index (χ0v) is 16.5. The number of rotatable bonds is 5. The molecule has 2 N–H and O–H groups in total. The van der Waals surface area contributed by atoms with Crippen LogP contribution in [0.4, 0.5) is 14.9 Å². The van der Waals surface area contributed by atoms with Crippen molar-refractivity contribution in [3.8, 4) is 0 Å². The molecule has 0 spiro atoms. The highest BCUT2D eigenvalue weighted by Crippen LogP contribution is 2.26. The van der Waals surface area contributed by atoms with E-state index in [1.54, 1.807) is 6.07 Å². The minimum Gasteiger partial charge on any atom is -0.322 e. The van der Waals surface area contributed by atoms with E-state index in [0.717, 1.165) is 11.3 Å². The first-order valence-electron chi connectivity index (χ1n) is 9.46. The van der Waals surface area contributed by atoms with E-state index in [2.05, 4.69) is 10.6 Å². The predicted molar refractivity (Wildman–Crippen MR) is 107 cm³/mol. The van der Waals surface area contributed by atoms with Crippen LogP contribution in [0.25, 0.3) is 0 Å². The minimum atomic E-state index is -0.544. The van der Waals surface area contributed by atoms with Crippen molar-refractivity contribution in [2.75, 3.05) is 18.4 Å². The molecule has 9 heteroatoms. The lowest BCUT2D eigenvalue weighted by Gasteiger charge is -2.46. The van der Waals surface area contributed by atoms with E-state index in [0.29, 0.717) is 13.0 Å². The van der Waals surface area contributed by atoms with Gasteiger partial charge in [-0.1, -0.05) is 18.2 Å². The molecule has 0 radical (unpaired) electrons. The van der Waals surface area contributed by atoms with E-state index in [-0.39, 0.29) is 24.7 Å². The van der Waals surface area contributed by atoms with Crippen LogP contribution in [0.2, 0.25) is 0 Å². The highest BCUT2D eigenvalue weighted by Gasteiger charge is 2.47. The normalized spacial score (nSPS) is 21.8. The minimum absolute atomic E-state index is 0.0618. The summed E-state index contributed by atoms with van der Waals surface area (Å²) in [6.45, 7) is 0.610. The van der Waals surface area contributed by atoms with Crippen LogP contribution in [0.5, 0.6) is 0 Å². The number of benzene rings is 1. The lowest BCUT2D eigenvalue weighted by molar-refractivity contribution is -0.138. The molecular weight excluding hydrogens is 395 g/mol. The van der Waals surface area contributed by atoms with Gasteiger partial charge in [0.15, 0.2) is 0 Å². The molecule has 2 aromatic rings. The van der Waals surface area contributed by atoms with E-state index in [4.69, 9.17) is 0 Å². The average Bonchev–Trinajstić information content (AvgIpc) is 3.23. The number of halogens is 1. The number of amides is 4. The third kappa shape index (κ3) is 4.01. The highest BCUT2D eigenvalue weighted by molar-refractivity contribution is 7.09. The number of anilines is 1. The van der Waals surface area contributed by atoms with Gasteiger partial charge in [-0.25, -0.2) is 9.18 Å². The molecule has 0 aliphatic carbocycles. The van der Waals surface area contributed by atoms with Crippen molar-refractivity contribution >= 4 is 34.9 Å². The maximum atomic E-state index is 13.8. The van der Waals surface area contributed by atoms with Crippen LogP contribution in [0.15, 0.2) is 41.8 Å². The van der Waals surface area contributed by atoms with Gasteiger partial charge in [0.1, 0.15) is 18.4 Å². The molecule has 1 aromatic carbocycles. The number of imide groups is 1. The average molecular weight is 416 g/mol. The van der Waals surface area contributed by atoms with E-state index in [9.17, 15) is 18.8 Å². The monoisotopic (exact) mass is 416 g/mol. The molecular formula is C20H21FN4O3S. The number of hydrogen-bond donors (Lipinski definition) is 2. The Kier molecular flexibility index (Phi) is 5.59. The molecule has 2 fully saturated rings. The van der Waals surface area contributed by atoms with Crippen molar-refractivity contribution in [1.82, 2.24) is 15.1 Å². The van der Waals surface area contributed by atoms with Crippen LogP contribution in [0.3, 0.4) is 0 Å². The van der Waals surface area contributed by atoms with Gasteiger partial charge in [0.05, 0.1) is 18.3 Å². The molecule has 2 atom stereocenters. The van der Waals surface area contributed by atoms with Crippen LogP contribution in [0, 0.1) is 5.82 Å². The molecule has 2 aliphatic rings. The van der Waals surface area contributed by atoms with Gasteiger partial charge in [0.25, 0.3) is 0 Å². The summed E-state index contributed by atoms with van der Waals surface area (Å²) in [7, 11) is 0. The summed E-state index contributed by atoms with van der Waals surface area (Å²) in [5.74, 6) is -1.31. The van der Waals surface area contributed by atoms with E-state index in [1.165, 1.54) is 39.3 Å². The molecule has 3 heterocycles. The number of nitrogens with zero attached hydrogens (tertiary/aromatic N) is 2. The Morgan fingerprint density at radius 1 is 1.24 bits per heavy atom. The summed E-state index contributed by atoms with van der Waals surface area (Å²) in [5, 5.41) is 7.59. The molecule has 7 nitrogen and oxygen atoms in total. The zero-order valence-electron chi connectivity index (χ0n) is 15.6. The summed E-state index contributed by atoms with van der Waals surface area (Å²) < 4.78 is 13.8. The molecule has 0 saturated carbocycles. The van der Waals surface area contributed by atoms with Gasteiger partial charge < -0.3 is 15.5 Å². The van der Waals surface area contributed by atoms with Crippen molar-refractivity contribution in [1.29, 1.82) is 0 Å². The number of thiophene rings is 1. The summed E-state index contributed by atoms with van der Waals surface area (Å²) in [6.07, 6.45) is 1.44. The Morgan fingerprint density at radius 2 is 2.07 bits per heavy atom. The van der Waals surface area contributed by atoms with E-state index in [1.807, 2.05) is 17.5 Å². The molecule has 4 rings (SSSR count). The molecule has 0 bridgehead atoms. The van der Waals surface area contributed by atoms with Crippen LogP contribution in [-0.2, 0) is 16.1 Å². The number of urea groups is 1. The van der Waals surface area contributed by atoms with Crippen LogP contribution in [0.1, 0.15) is 17.7 Å². The summed E-state index contributed by atoms with van der Waals surface area (Å²) in [5.41, 5.74) is 0.0618. The second kappa shape index (κ2) is 8.30. The van der Waals surface area contributed by atoms with Crippen LogP contribution < -0.4 is 10.6 Å². The molecule has 2 aliphatic heterocycles. The fraction of sp³-hybridized carbons (Fsp3) is 0.350. The number of para-hydroxylation sites is 1. The lowest BCUT2D eigenvalue weighted by atomic mass is 9.93. The third-order valence-electron chi connectivity index (χ3n) is 5.19. The number of nitrogens with one attached hydrogen (secondary N) is 2. The number of carbonyl (C=O) groups excluding carboxylic acids is 3. The van der Waals surface area contributed by atoms with Crippen molar-refractivity contribution in [3.63, 3.8) is 0 Å². The summed E-state index contributed by atoms with van der Waals surface area (Å²) in [4.78, 5) is 42.1. The highest BCUT2D eigenvalue weighted by atomic mass is 32.1. The largest absolute Gasteiger partial charge is 0.327 e. The molecule has 4 amide bonds. The first kappa shape index (κ1) is 19.5. The van der Waals surface area contributed by atoms with Crippen molar-refractivity contribution in [3.05, 3.63) is 52.5 Å². The molecule has 152 valence electrons. The van der Waals surface area contributed by atoms with Crippen molar-refractivity contribution in [2.45, 2.75) is 31.5 Å². The third-order valence-corrected chi connectivity index (χ3v) is 6.05. The first-order chi connectivity index (χ1) is 14.0. The standard InChI is InChI=1S/C20H21FN4O3S/c21-14-6-1-2-7-15(14)23-17(26)12-24-16-8-3-9-22-18(16)19(27)25(20(24)28)11-13-5-4-10-29-13/h1-2,4-7,10,16,18,22H,3,8-9,11-12H2,(H,23,26). The van der Waals surface area contributed by atoms with Gasteiger partial charge in [0, 0.05) is 4.88 Å². The second-order valence-corrected chi connectivity index (χ2v) is 8.12. The van der Waals surface area contributed by atoms with E-state index >= 15 is 0 Å². The number of piperidine rings is 1. The first-order valence-corrected chi connectivity index (χ1v) is 10.3. The molecule has 29 heavy (non-hydrogen) atoms. The number of fused-ring (bicyclic) bond motifs is 1. The summed E-state index contributed by atoms with van der Waals surface area (Å²) >= 11 is 1.46. The maximum absolute atomic E-state index is 13.8. The second-order valence-electron chi connectivity index (χ2n) is 7.08. The summed E-state index contributed by atoms with van der Waals surface area (Å²) in [6, 6.07) is 8.17. The van der Waals surface area contributed by atoms with Gasteiger partial charge in [-0.15, -0.1) is 11.3 Å². The van der Waals surface area contributed by atoms with Gasteiger partial charge in [0.2, 0.25) is 11.8 Å². The Bertz CT molecular complexity index is 920. The number of carbonyl (C=O) groups is 3. The topological polar surface area (TPSA) is 81.8 Å². The quantitative estimate of drug-likeness (QED) is 0.784. The van der Waals surface area contributed by atoms with Gasteiger partial charge in [-0.2, -0.15) is 0 Å². The SMILES string of the molecule is O=C(CN1C(=O)N(Cc2cccs2)C(=O)C2NCCCC21)Nc1ccccc1F. The van der Waals surface area contributed by atoms with Gasteiger partial charge in [-0.05, 0) is 43.0 Å². The van der Waals surface area contributed by atoms with Crippen LogP contribution >= 0.6 is 11.3 Å². The van der Waals surface area contributed by atoms with Gasteiger partial charge >= 0.3 is 6.03 Å². The maximum Gasteiger partial charge on any atom is 0.327 e. The smallest absolute Gasteiger partial charge is 0.322 e. The Morgan fingerprint density at radius 3 is 2.83 bits per heavy atom. The zero-order chi connectivity index (χ0) is 20.4. The molecule has 1 aromatic heterocycles.